The SMILES string of the molecule is CC1(C(F)(F)F)CN(C(=O)Nc2ccnc(C(F)F)c2)c2cnc3cc(F)nn3c21. The van der Waals surface area contributed by atoms with Crippen molar-refractivity contribution in [3.05, 3.63) is 47.9 Å². The van der Waals surface area contributed by atoms with Crippen LogP contribution in [0.5, 0.6) is 0 Å². The molecule has 13 heteroatoms. The number of alkyl halides is 5. The summed E-state index contributed by atoms with van der Waals surface area (Å²) in [5, 5.41) is 5.72. The van der Waals surface area contributed by atoms with Crippen molar-refractivity contribution in [2.75, 3.05) is 16.8 Å². The van der Waals surface area contributed by atoms with Crippen molar-refractivity contribution in [1.29, 1.82) is 0 Å². The molecule has 0 spiro atoms. The number of carbonyl (C=O) groups excluding carboxylic acids is 1. The Morgan fingerprint density at radius 1 is 1.27 bits per heavy atom. The van der Waals surface area contributed by atoms with Gasteiger partial charge in [0.05, 0.1) is 17.6 Å². The van der Waals surface area contributed by atoms with E-state index in [-0.39, 0.29) is 17.0 Å². The first-order valence-electron chi connectivity index (χ1n) is 8.45. The lowest BCUT2D eigenvalue weighted by atomic mass is 9.88. The third kappa shape index (κ3) is 3.00. The zero-order valence-electron chi connectivity index (χ0n) is 15.1. The summed E-state index contributed by atoms with van der Waals surface area (Å²) in [6, 6.07) is 1.98. The van der Waals surface area contributed by atoms with E-state index >= 15 is 0 Å². The number of aromatic nitrogens is 4. The zero-order valence-corrected chi connectivity index (χ0v) is 15.1. The van der Waals surface area contributed by atoms with Crippen LogP contribution in [-0.2, 0) is 5.41 Å². The number of fused-ring (bicyclic) bond motifs is 3. The number of nitrogens with zero attached hydrogens (tertiary/aromatic N) is 5. The van der Waals surface area contributed by atoms with Crippen LogP contribution in [0, 0.1) is 5.95 Å². The van der Waals surface area contributed by atoms with Gasteiger partial charge < -0.3 is 5.32 Å². The number of nitrogens with one attached hydrogen (secondary N) is 1. The van der Waals surface area contributed by atoms with Crippen molar-refractivity contribution in [3.8, 4) is 0 Å². The summed E-state index contributed by atoms with van der Waals surface area (Å²) in [5.41, 5.74) is -4.10. The van der Waals surface area contributed by atoms with Crippen molar-refractivity contribution < 1.29 is 31.1 Å². The number of carbonyl (C=O) groups is 1. The summed E-state index contributed by atoms with van der Waals surface area (Å²) in [7, 11) is 0. The highest BCUT2D eigenvalue weighted by Gasteiger charge is 2.60. The third-order valence-electron chi connectivity index (χ3n) is 4.85. The van der Waals surface area contributed by atoms with E-state index in [2.05, 4.69) is 20.4 Å². The standard InChI is InChI=1S/C17H12F6N6O/c1-16(17(21,22)23)7-28(10-6-25-12-5-11(18)27-29(12)13(10)16)15(30)26-8-2-3-24-9(4-8)14(19)20/h2-6,14H,7H2,1H3,(H,24,26,30). The normalized spacial score (nSPS) is 18.9. The first-order chi connectivity index (χ1) is 14.0. The Labute approximate surface area is 164 Å². The van der Waals surface area contributed by atoms with Crippen LogP contribution in [0.3, 0.4) is 0 Å². The molecule has 0 aromatic carbocycles. The second kappa shape index (κ2) is 6.57. The van der Waals surface area contributed by atoms with Gasteiger partial charge in [0.15, 0.2) is 5.65 Å². The van der Waals surface area contributed by atoms with Crippen molar-refractivity contribution in [1.82, 2.24) is 19.6 Å². The molecule has 0 fully saturated rings. The maximum Gasteiger partial charge on any atom is 0.401 e. The van der Waals surface area contributed by atoms with Gasteiger partial charge in [-0.05, 0) is 19.1 Å². The molecule has 30 heavy (non-hydrogen) atoms. The van der Waals surface area contributed by atoms with Crippen molar-refractivity contribution in [2.45, 2.75) is 24.9 Å². The van der Waals surface area contributed by atoms with E-state index in [4.69, 9.17) is 0 Å². The Balaban J connectivity index is 1.77. The summed E-state index contributed by atoms with van der Waals surface area (Å²) in [4.78, 5) is 20.8. The van der Waals surface area contributed by atoms with E-state index < -0.39 is 47.9 Å². The number of hydrogen-bond acceptors (Lipinski definition) is 4. The van der Waals surface area contributed by atoms with E-state index in [0.29, 0.717) is 4.52 Å². The second-order valence-corrected chi connectivity index (χ2v) is 6.85. The van der Waals surface area contributed by atoms with Crippen molar-refractivity contribution >= 4 is 23.1 Å². The fourth-order valence-corrected chi connectivity index (χ4v) is 3.33. The van der Waals surface area contributed by atoms with Crippen LogP contribution in [0.4, 0.5) is 42.5 Å². The van der Waals surface area contributed by atoms with Crippen LogP contribution >= 0.6 is 0 Å². The van der Waals surface area contributed by atoms with Gasteiger partial charge in [-0.25, -0.2) is 23.1 Å². The maximum absolute atomic E-state index is 14.0. The lowest BCUT2D eigenvalue weighted by Gasteiger charge is -2.28. The molecule has 4 rings (SSSR count). The molecule has 1 N–H and O–H groups in total. The molecule has 4 heterocycles. The molecule has 0 bridgehead atoms. The molecule has 1 unspecified atom stereocenters. The minimum Gasteiger partial charge on any atom is -0.307 e. The molecule has 0 aliphatic carbocycles. The molecular weight excluding hydrogens is 418 g/mol. The highest BCUT2D eigenvalue weighted by molar-refractivity contribution is 6.03. The fraction of sp³-hybridized carbons (Fsp3) is 0.294. The average molecular weight is 430 g/mol. The Kier molecular flexibility index (Phi) is 4.36. The number of rotatable bonds is 2. The van der Waals surface area contributed by atoms with Crippen LogP contribution in [0.2, 0.25) is 0 Å². The van der Waals surface area contributed by atoms with Crippen LogP contribution in [0.1, 0.15) is 24.7 Å². The number of amides is 2. The van der Waals surface area contributed by atoms with Gasteiger partial charge in [0.25, 0.3) is 6.43 Å². The Morgan fingerprint density at radius 2 is 2.00 bits per heavy atom. The monoisotopic (exact) mass is 430 g/mol. The Morgan fingerprint density at radius 3 is 2.67 bits per heavy atom. The molecule has 1 atom stereocenters. The van der Waals surface area contributed by atoms with Crippen molar-refractivity contribution in [3.63, 3.8) is 0 Å². The number of halogens is 6. The topological polar surface area (TPSA) is 75.4 Å². The number of hydrogen-bond donors (Lipinski definition) is 1. The Hall–Kier alpha value is -3.38. The molecule has 7 nitrogen and oxygen atoms in total. The van der Waals surface area contributed by atoms with Gasteiger partial charge in [0, 0.05) is 24.5 Å². The summed E-state index contributed by atoms with van der Waals surface area (Å²) in [6.07, 6.45) is -5.66. The highest BCUT2D eigenvalue weighted by atomic mass is 19.4. The molecule has 2 amide bonds. The van der Waals surface area contributed by atoms with Crippen molar-refractivity contribution in [2.24, 2.45) is 0 Å². The third-order valence-corrected chi connectivity index (χ3v) is 4.85. The number of anilines is 2. The molecule has 3 aromatic heterocycles. The lowest BCUT2D eigenvalue weighted by molar-refractivity contribution is -0.181. The van der Waals surface area contributed by atoms with Crippen LogP contribution < -0.4 is 10.2 Å². The van der Waals surface area contributed by atoms with E-state index in [0.717, 1.165) is 36.4 Å². The molecular formula is C17H12F6N6O. The Bertz CT molecular complexity index is 1150. The van der Waals surface area contributed by atoms with Gasteiger partial charge in [-0.2, -0.15) is 17.6 Å². The summed E-state index contributed by atoms with van der Waals surface area (Å²) >= 11 is 0. The van der Waals surface area contributed by atoms with E-state index in [9.17, 15) is 31.1 Å². The van der Waals surface area contributed by atoms with Gasteiger partial charge in [0.2, 0.25) is 5.95 Å². The molecule has 0 radical (unpaired) electrons. The highest BCUT2D eigenvalue weighted by Crippen LogP contribution is 2.49. The molecule has 3 aromatic rings. The summed E-state index contributed by atoms with van der Waals surface area (Å²) in [5.74, 6) is -1.03. The van der Waals surface area contributed by atoms with Gasteiger partial charge >= 0.3 is 12.2 Å². The fourth-order valence-electron chi connectivity index (χ4n) is 3.33. The van der Waals surface area contributed by atoms with Crippen LogP contribution in [0.25, 0.3) is 5.65 Å². The minimum absolute atomic E-state index is 0.0772. The zero-order chi connectivity index (χ0) is 21.8. The lowest BCUT2D eigenvalue weighted by Crippen LogP contribution is -2.46. The van der Waals surface area contributed by atoms with Gasteiger partial charge in [0.1, 0.15) is 11.1 Å². The largest absolute Gasteiger partial charge is 0.401 e. The van der Waals surface area contributed by atoms with E-state index in [1.54, 1.807) is 0 Å². The molecule has 158 valence electrons. The molecule has 0 saturated heterocycles. The predicted molar refractivity (Wildman–Crippen MR) is 91.9 cm³/mol. The van der Waals surface area contributed by atoms with E-state index in [1.165, 1.54) is 6.07 Å². The summed E-state index contributed by atoms with van der Waals surface area (Å²) in [6.45, 7) is 0.0200. The second-order valence-electron chi connectivity index (χ2n) is 6.85. The average Bonchev–Trinajstić information content (AvgIpc) is 3.19. The van der Waals surface area contributed by atoms with Gasteiger partial charge in [-0.1, -0.05) is 0 Å². The van der Waals surface area contributed by atoms with Crippen LogP contribution in [-0.4, -0.2) is 38.3 Å². The molecule has 1 aliphatic rings. The van der Waals surface area contributed by atoms with Crippen LogP contribution in [0.15, 0.2) is 30.6 Å². The number of urea groups is 1. The summed E-state index contributed by atoms with van der Waals surface area (Å²) < 4.78 is 81.8. The van der Waals surface area contributed by atoms with Gasteiger partial charge in [-0.15, -0.1) is 5.10 Å². The minimum atomic E-state index is -4.81. The first-order valence-corrected chi connectivity index (χ1v) is 8.45. The smallest absolute Gasteiger partial charge is 0.307 e. The predicted octanol–water partition coefficient (Wildman–Crippen LogP) is 4.07. The molecule has 0 saturated carbocycles. The molecule has 1 aliphatic heterocycles. The number of pyridine rings is 1. The maximum atomic E-state index is 14.0. The van der Waals surface area contributed by atoms with E-state index in [1.807, 2.05) is 0 Å². The quantitative estimate of drug-likeness (QED) is 0.622. The first kappa shape index (κ1) is 19.9. The van der Waals surface area contributed by atoms with Gasteiger partial charge in [-0.3, -0.25) is 9.88 Å².